The Hall–Kier alpha value is -1.78. The van der Waals surface area contributed by atoms with Crippen LogP contribution in [0.4, 0.5) is 11.4 Å². The lowest BCUT2D eigenvalue weighted by Gasteiger charge is -2.10. The van der Waals surface area contributed by atoms with Gasteiger partial charge in [-0.3, -0.25) is 9.78 Å². The van der Waals surface area contributed by atoms with E-state index in [1.54, 1.807) is 30.5 Å². The van der Waals surface area contributed by atoms with Crippen LogP contribution in [-0.2, 0) is 0 Å². The number of amides is 1. The second-order valence-corrected chi connectivity index (χ2v) is 6.49. The van der Waals surface area contributed by atoms with Crippen LogP contribution in [0.2, 0.25) is 10.0 Å². The lowest BCUT2D eigenvalue weighted by molar-refractivity contribution is 0.102. The number of hydrogen-bond donors (Lipinski definition) is 2. The van der Waals surface area contributed by atoms with E-state index in [9.17, 15) is 4.79 Å². The van der Waals surface area contributed by atoms with E-state index in [-0.39, 0.29) is 5.91 Å². The van der Waals surface area contributed by atoms with Crippen LogP contribution in [0, 0.1) is 5.92 Å². The Kier molecular flexibility index (Phi) is 6.25. The molecule has 0 saturated heterocycles. The first-order chi connectivity index (χ1) is 11.0. The number of rotatable bonds is 6. The molecule has 0 spiro atoms. The molecule has 2 aromatic rings. The predicted molar refractivity (Wildman–Crippen MR) is 96.6 cm³/mol. The first-order valence-electron chi connectivity index (χ1n) is 7.41. The first-order valence-corrected chi connectivity index (χ1v) is 8.16. The van der Waals surface area contributed by atoms with E-state index in [4.69, 9.17) is 23.2 Å². The van der Waals surface area contributed by atoms with Crippen LogP contribution in [0.5, 0.6) is 0 Å². The zero-order valence-corrected chi connectivity index (χ0v) is 14.6. The molecule has 0 bridgehead atoms. The number of hydrogen-bond acceptors (Lipinski definition) is 3. The summed E-state index contributed by atoms with van der Waals surface area (Å²) in [5, 5.41) is 6.94. The minimum absolute atomic E-state index is 0.269. The molecule has 2 N–H and O–H groups in total. The number of halogens is 2. The predicted octanol–water partition coefficient (Wildman–Crippen LogP) is 5.10. The number of aromatic nitrogens is 1. The Labute approximate surface area is 146 Å². The van der Waals surface area contributed by atoms with Crippen molar-refractivity contribution in [1.82, 2.24) is 4.98 Å². The number of nitrogens with zero attached hydrogens (tertiary/aromatic N) is 1. The minimum Gasteiger partial charge on any atom is -0.384 e. The summed E-state index contributed by atoms with van der Waals surface area (Å²) in [5.74, 6) is 0.350. The molecule has 0 atom stereocenters. The fourth-order valence-electron chi connectivity index (χ4n) is 1.95. The van der Waals surface area contributed by atoms with Gasteiger partial charge in [0.1, 0.15) is 0 Å². The van der Waals surface area contributed by atoms with E-state index in [1.165, 1.54) is 6.20 Å². The molecule has 0 saturated carbocycles. The third kappa shape index (κ3) is 5.41. The Morgan fingerprint density at radius 1 is 1.22 bits per heavy atom. The maximum atomic E-state index is 12.3. The van der Waals surface area contributed by atoms with Gasteiger partial charge in [-0.25, -0.2) is 0 Å². The third-order valence-corrected chi connectivity index (χ3v) is 3.78. The largest absolute Gasteiger partial charge is 0.384 e. The molecule has 4 nitrogen and oxygen atoms in total. The number of benzene rings is 1. The fraction of sp³-hybridized carbons (Fsp3) is 0.294. The quantitative estimate of drug-likeness (QED) is 0.761. The second-order valence-electron chi connectivity index (χ2n) is 5.65. The van der Waals surface area contributed by atoms with Crippen molar-refractivity contribution in [3.8, 4) is 0 Å². The van der Waals surface area contributed by atoms with Gasteiger partial charge < -0.3 is 10.6 Å². The van der Waals surface area contributed by atoms with Gasteiger partial charge in [-0.2, -0.15) is 0 Å². The number of anilines is 2. The smallest absolute Gasteiger partial charge is 0.257 e. The van der Waals surface area contributed by atoms with E-state index in [0.29, 0.717) is 27.2 Å². The van der Waals surface area contributed by atoms with Gasteiger partial charge in [0.15, 0.2) is 0 Å². The molecule has 1 amide bonds. The lowest BCUT2D eigenvalue weighted by Crippen LogP contribution is -2.13. The van der Waals surface area contributed by atoms with Crippen LogP contribution in [0.15, 0.2) is 36.7 Å². The minimum atomic E-state index is -0.269. The monoisotopic (exact) mass is 351 g/mol. The van der Waals surface area contributed by atoms with Crippen molar-refractivity contribution in [1.29, 1.82) is 0 Å². The van der Waals surface area contributed by atoms with Crippen LogP contribution in [0.25, 0.3) is 0 Å². The van der Waals surface area contributed by atoms with Crippen LogP contribution >= 0.6 is 23.2 Å². The van der Waals surface area contributed by atoms with E-state index in [0.717, 1.165) is 18.7 Å². The molecule has 0 aliphatic heterocycles. The van der Waals surface area contributed by atoms with Crippen molar-refractivity contribution in [3.63, 3.8) is 0 Å². The summed E-state index contributed by atoms with van der Waals surface area (Å²) in [5.41, 5.74) is 1.80. The second kappa shape index (κ2) is 8.18. The van der Waals surface area contributed by atoms with E-state index >= 15 is 0 Å². The van der Waals surface area contributed by atoms with Crippen molar-refractivity contribution in [2.45, 2.75) is 20.3 Å². The van der Waals surface area contributed by atoms with Gasteiger partial charge in [-0.1, -0.05) is 37.0 Å². The number of carbonyl (C=O) groups is 1. The highest BCUT2D eigenvalue weighted by Gasteiger charge is 2.10. The molecule has 0 unspecified atom stereocenters. The maximum absolute atomic E-state index is 12.3. The molecule has 0 fully saturated rings. The van der Waals surface area contributed by atoms with Gasteiger partial charge in [0.25, 0.3) is 5.91 Å². The summed E-state index contributed by atoms with van der Waals surface area (Å²) in [7, 11) is 0. The topological polar surface area (TPSA) is 54.0 Å². The van der Waals surface area contributed by atoms with Gasteiger partial charge in [-0.15, -0.1) is 0 Å². The number of carbonyl (C=O) groups excluding carboxylic acids is 1. The van der Waals surface area contributed by atoms with Gasteiger partial charge in [0.2, 0.25) is 0 Å². The van der Waals surface area contributed by atoms with Crippen molar-refractivity contribution >= 4 is 40.5 Å². The molecule has 2 rings (SSSR count). The van der Waals surface area contributed by atoms with Crippen molar-refractivity contribution in [2.24, 2.45) is 5.92 Å². The Balaban J connectivity index is 2.04. The lowest BCUT2D eigenvalue weighted by atomic mass is 10.1. The van der Waals surface area contributed by atoms with Crippen LogP contribution < -0.4 is 10.6 Å². The normalized spacial score (nSPS) is 10.7. The summed E-state index contributed by atoms with van der Waals surface area (Å²) in [4.78, 5) is 16.4. The number of pyridine rings is 1. The molecule has 0 aliphatic carbocycles. The summed E-state index contributed by atoms with van der Waals surface area (Å²) >= 11 is 11.9. The summed E-state index contributed by atoms with van der Waals surface area (Å²) in [6, 6.07) is 6.69. The maximum Gasteiger partial charge on any atom is 0.257 e. The molecule has 1 aromatic carbocycles. The summed E-state index contributed by atoms with van der Waals surface area (Å²) in [6.45, 7) is 5.17. The molecule has 0 radical (unpaired) electrons. The molecule has 6 heteroatoms. The van der Waals surface area contributed by atoms with E-state index in [2.05, 4.69) is 29.5 Å². The highest BCUT2D eigenvalue weighted by molar-refractivity contribution is 6.36. The SMILES string of the molecule is CC(C)CCNc1cncc(C(=O)Nc2ccc(Cl)cc2Cl)c1. The Morgan fingerprint density at radius 3 is 2.70 bits per heavy atom. The average molecular weight is 352 g/mol. The highest BCUT2D eigenvalue weighted by Crippen LogP contribution is 2.25. The van der Waals surface area contributed by atoms with Gasteiger partial charge in [0, 0.05) is 24.0 Å². The van der Waals surface area contributed by atoms with Crippen LogP contribution in [0.3, 0.4) is 0 Å². The Bertz CT molecular complexity index is 689. The van der Waals surface area contributed by atoms with Crippen molar-refractivity contribution in [3.05, 3.63) is 52.3 Å². The summed E-state index contributed by atoms with van der Waals surface area (Å²) < 4.78 is 0. The average Bonchev–Trinajstić information content (AvgIpc) is 2.50. The van der Waals surface area contributed by atoms with Crippen molar-refractivity contribution in [2.75, 3.05) is 17.2 Å². The molecule has 122 valence electrons. The van der Waals surface area contributed by atoms with Gasteiger partial charge in [-0.05, 0) is 36.6 Å². The zero-order valence-electron chi connectivity index (χ0n) is 13.1. The molecular formula is C17H19Cl2N3O. The Morgan fingerprint density at radius 2 is 2.00 bits per heavy atom. The zero-order chi connectivity index (χ0) is 16.8. The molecule has 1 aromatic heterocycles. The van der Waals surface area contributed by atoms with Crippen LogP contribution in [-0.4, -0.2) is 17.4 Å². The van der Waals surface area contributed by atoms with Crippen LogP contribution in [0.1, 0.15) is 30.6 Å². The van der Waals surface area contributed by atoms with E-state index in [1.807, 2.05) is 0 Å². The third-order valence-electron chi connectivity index (χ3n) is 3.23. The molecule has 23 heavy (non-hydrogen) atoms. The standard InChI is InChI=1S/C17H19Cl2N3O/c1-11(2)5-6-21-14-7-12(9-20-10-14)17(23)22-16-4-3-13(18)8-15(16)19/h3-4,7-11,21H,5-6H2,1-2H3,(H,22,23). The number of nitrogens with one attached hydrogen (secondary N) is 2. The van der Waals surface area contributed by atoms with Crippen molar-refractivity contribution < 1.29 is 4.79 Å². The van der Waals surface area contributed by atoms with Gasteiger partial charge >= 0.3 is 0 Å². The highest BCUT2D eigenvalue weighted by atomic mass is 35.5. The summed E-state index contributed by atoms with van der Waals surface area (Å²) in [6.07, 6.45) is 4.27. The van der Waals surface area contributed by atoms with Gasteiger partial charge in [0.05, 0.1) is 22.0 Å². The first kappa shape index (κ1) is 17.6. The molecule has 1 heterocycles. The fourth-order valence-corrected chi connectivity index (χ4v) is 2.41. The molecule has 0 aliphatic rings. The van der Waals surface area contributed by atoms with E-state index < -0.39 is 0 Å². The molecular weight excluding hydrogens is 333 g/mol.